The minimum atomic E-state index is -0.388. The molecule has 0 bridgehead atoms. The summed E-state index contributed by atoms with van der Waals surface area (Å²) in [7, 11) is 1.65. The molecule has 2 aliphatic rings. The van der Waals surface area contributed by atoms with E-state index >= 15 is 0 Å². The molecule has 13 heteroatoms. The highest BCUT2D eigenvalue weighted by Gasteiger charge is 2.27. The number of benzene rings is 2. The Morgan fingerprint density at radius 3 is 2.68 bits per heavy atom. The number of imidazole rings is 1. The van der Waals surface area contributed by atoms with Gasteiger partial charge in [0.2, 0.25) is 5.88 Å². The zero-order valence-corrected chi connectivity index (χ0v) is 25.0. The van der Waals surface area contributed by atoms with Crippen molar-refractivity contribution in [3.63, 3.8) is 0 Å². The van der Waals surface area contributed by atoms with Crippen LogP contribution in [0.5, 0.6) is 11.6 Å². The fourth-order valence-corrected chi connectivity index (χ4v) is 6.04. The van der Waals surface area contributed by atoms with Gasteiger partial charge in [0.05, 0.1) is 31.8 Å². The second-order valence-corrected chi connectivity index (χ2v) is 11.6. The number of hydrogen-bond donors (Lipinski definition) is 1. The number of aromatic amines is 1. The Hall–Kier alpha value is -4.13. The molecule has 1 atom stereocenters. The summed E-state index contributed by atoms with van der Waals surface area (Å²) in [4.78, 5) is 12.3. The molecule has 5 heterocycles. The van der Waals surface area contributed by atoms with E-state index < -0.39 is 0 Å². The highest BCUT2D eigenvalue weighted by atomic mass is 35.5. The van der Waals surface area contributed by atoms with Crippen LogP contribution < -0.4 is 9.47 Å². The van der Waals surface area contributed by atoms with Gasteiger partial charge in [-0.2, -0.15) is 0 Å². The Labute approximate surface area is 258 Å². The van der Waals surface area contributed by atoms with Gasteiger partial charge in [-0.1, -0.05) is 23.7 Å². The number of pyridine rings is 1. The van der Waals surface area contributed by atoms with E-state index in [9.17, 15) is 4.39 Å². The Kier molecular flexibility index (Phi) is 8.11. The predicted molar refractivity (Wildman–Crippen MR) is 161 cm³/mol. The average molecular weight is 619 g/mol. The molecule has 0 amide bonds. The molecule has 0 saturated carbocycles. The Morgan fingerprint density at radius 2 is 1.95 bits per heavy atom. The highest BCUT2D eigenvalue weighted by molar-refractivity contribution is 6.30. The lowest BCUT2D eigenvalue weighted by Crippen LogP contribution is -2.35. The molecular weight excluding hydrogens is 587 g/mol. The number of piperidine rings is 1. The zero-order valence-electron chi connectivity index (χ0n) is 24.2. The van der Waals surface area contributed by atoms with Crippen molar-refractivity contribution in [3.8, 4) is 23.0 Å². The fourth-order valence-electron chi connectivity index (χ4n) is 5.89. The number of hydrogen-bond acceptors (Lipinski definition) is 9. The monoisotopic (exact) mass is 618 g/mol. The maximum Gasteiger partial charge on any atom is 0.213 e. The minimum absolute atomic E-state index is 0.0897. The quantitative estimate of drug-likeness (QED) is 0.227. The van der Waals surface area contributed by atoms with Crippen LogP contribution in [0.4, 0.5) is 4.39 Å². The van der Waals surface area contributed by atoms with Gasteiger partial charge in [0.1, 0.15) is 29.5 Å². The normalized spacial score (nSPS) is 17.6. The molecule has 228 valence electrons. The number of H-pyrrole nitrogens is 1. The van der Waals surface area contributed by atoms with Gasteiger partial charge in [0, 0.05) is 40.4 Å². The van der Waals surface area contributed by atoms with Crippen LogP contribution in [0.15, 0.2) is 48.5 Å². The standard InChI is InChI=1S/C31H32ClFN8O3/c1-42-27-14-21(31-36-38-39-37-31)13-26-30(27)35-28(41(26)16-23-9-12-43-23)17-40-10-7-19(8-11-40)25-3-2-4-29(34-25)44-18-20-5-6-22(32)15-24(20)33/h2-6,13-15,19,23H,7-12,16-18H2,1H3,(H,36,37,38,39)/t23-/m0/s1. The molecule has 7 rings (SSSR count). The van der Waals surface area contributed by atoms with Gasteiger partial charge in [-0.15, -0.1) is 5.10 Å². The van der Waals surface area contributed by atoms with Crippen molar-refractivity contribution >= 4 is 22.6 Å². The molecule has 11 nitrogen and oxygen atoms in total. The Morgan fingerprint density at radius 1 is 1.09 bits per heavy atom. The van der Waals surface area contributed by atoms with Gasteiger partial charge in [-0.25, -0.2) is 19.5 Å². The molecule has 0 aliphatic carbocycles. The molecule has 44 heavy (non-hydrogen) atoms. The fraction of sp³-hybridized carbons (Fsp3) is 0.387. The first kappa shape index (κ1) is 28.6. The van der Waals surface area contributed by atoms with Crippen LogP contribution in [0.2, 0.25) is 5.02 Å². The summed E-state index contributed by atoms with van der Waals surface area (Å²) in [6.07, 6.45) is 3.10. The number of ether oxygens (including phenoxy) is 3. The molecule has 2 aliphatic heterocycles. The average Bonchev–Trinajstić information content (AvgIpc) is 3.67. The predicted octanol–water partition coefficient (Wildman–Crippen LogP) is 5.16. The minimum Gasteiger partial charge on any atom is -0.494 e. The first-order chi connectivity index (χ1) is 21.5. The van der Waals surface area contributed by atoms with Gasteiger partial charge < -0.3 is 18.8 Å². The van der Waals surface area contributed by atoms with Crippen LogP contribution in [-0.4, -0.2) is 73.0 Å². The first-order valence-electron chi connectivity index (χ1n) is 14.7. The molecule has 2 saturated heterocycles. The van der Waals surface area contributed by atoms with E-state index in [2.05, 4.69) is 36.2 Å². The van der Waals surface area contributed by atoms with E-state index in [1.807, 2.05) is 18.2 Å². The molecule has 0 unspecified atom stereocenters. The Bertz CT molecular complexity index is 1750. The lowest BCUT2D eigenvalue weighted by molar-refractivity contribution is -0.0592. The second-order valence-electron chi connectivity index (χ2n) is 11.2. The van der Waals surface area contributed by atoms with E-state index in [1.165, 1.54) is 6.07 Å². The van der Waals surface area contributed by atoms with Crippen LogP contribution in [0, 0.1) is 5.82 Å². The maximum atomic E-state index is 14.2. The highest BCUT2D eigenvalue weighted by Crippen LogP contribution is 2.34. The summed E-state index contributed by atoms with van der Waals surface area (Å²) in [5.41, 5.74) is 4.04. The van der Waals surface area contributed by atoms with Crippen molar-refractivity contribution in [3.05, 3.63) is 76.5 Å². The van der Waals surface area contributed by atoms with Crippen molar-refractivity contribution in [2.75, 3.05) is 26.8 Å². The number of nitrogens with zero attached hydrogens (tertiary/aromatic N) is 7. The first-order valence-corrected chi connectivity index (χ1v) is 15.1. The number of halogens is 2. The number of likely N-dealkylation sites (tertiary alicyclic amines) is 1. The van der Waals surface area contributed by atoms with E-state index in [4.69, 9.17) is 35.8 Å². The molecule has 2 aromatic carbocycles. The number of rotatable bonds is 10. The second kappa shape index (κ2) is 12.5. The number of tetrazole rings is 1. The van der Waals surface area contributed by atoms with E-state index in [0.29, 0.717) is 40.5 Å². The number of methoxy groups -OCH3 is 1. The molecule has 0 radical (unpaired) electrons. The van der Waals surface area contributed by atoms with E-state index in [-0.39, 0.29) is 18.5 Å². The molecule has 0 spiro atoms. The van der Waals surface area contributed by atoms with Gasteiger partial charge in [0.25, 0.3) is 0 Å². The van der Waals surface area contributed by atoms with Crippen molar-refractivity contribution < 1.29 is 18.6 Å². The third-order valence-electron chi connectivity index (χ3n) is 8.42. The maximum absolute atomic E-state index is 14.2. The van der Waals surface area contributed by atoms with Crippen LogP contribution in [0.3, 0.4) is 0 Å². The molecular formula is C31H32ClFN8O3. The van der Waals surface area contributed by atoms with Crippen molar-refractivity contribution in [2.45, 2.75) is 51.0 Å². The summed E-state index contributed by atoms with van der Waals surface area (Å²) in [5.74, 6) is 2.63. The third kappa shape index (κ3) is 5.97. The number of fused-ring (bicyclic) bond motifs is 1. The van der Waals surface area contributed by atoms with Crippen molar-refractivity contribution in [1.82, 2.24) is 40.1 Å². The van der Waals surface area contributed by atoms with E-state index in [1.54, 1.807) is 25.3 Å². The zero-order chi connectivity index (χ0) is 30.0. The molecule has 2 fully saturated rings. The third-order valence-corrected chi connectivity index (χ3v) is 8.66. The Balaban J connectivity index is 1.05. The van der Waals surface area contributed by atoms with Gasteiger partial charge in [-0.3, -0.25) is 4.90 Å². The molecule has 3 aromatic heterocycles. The van der Waals surface area contributed by atoms with Gasteiger partial charge in [-0.05, 0) is 73.1 Å². The summed E-state index contributed by atoms with van der Waals surface area (Å²) in [6.45, 7) is 4.12. The summed E-state index contributed by atoms with van der Waals surface area (Å²) >= 11 is 5.87. The summed E-state index contributed by atoms with van der Waals surface area (Å²) < 4.78 is 33.8. The van der Waals surface area contributed by atoms with Crippen LogP contribution in [0.25, 0.3) is 22.4 Å². The van der Waals surface area contributed by atoms with E-state index in [0.717, 1.165) is 73.6 Å². The largest absolute Gasteiger partial charge is 0.494 e. The number of aromatic nitrogens is 7. The van der Waals surface area contributed by atoms with Gasteiger partial charge >= 0.3 is 0 Å². The van der Waals surface area contributed by atoms with Crippen molar-refractivity contribution in [1.29, 1.82) is 0 Å². The van der Waals surface area contributed by atoms with Gasteiger partial charge in [0.15, 0.2) is 5.82 Å². The van der Waals surface area contributed by atoms with Crippen LogP contribution in [0.1, 0.15) is 42.3 Å². The van der Waals surface area contributed by atoms with Crippen LogP contribution in [-0.2, 0) is 24.4 Å². The number of nitrogens with one attached hydrogen (secondary N) is 1. The molecule has 5 aromatic rings. The molecule has 1 N–H and O–H groups in total. The van der Waals surface area contributed by atoms with Crippen molar-refractivity contribution in [2.24, 2.45) is 0 Å². The SMILES string of the molecule is COc1cc(-c2nnn[nH]2)cc2c1nc(CN1CCC(c3cccc(OCc4ccc(Cl)cc4F)n3)CC1)n2C[C@@H]1CCO1. The topological polar surface area (TPSA) is 116 Å². The smallest absolute Gasteiger partial charge is 0.213 e. The lowest BCUT2D eigenvalue weighted by Gasteiger charge is -2.32. The summed E-state index contributed by atoms with van der Waals surface area (Å²) in [6, 6.07) is 14.3. The lowest BCUT2D eigenvalue weighted by atomic mass is 9.93. The van der Waals surface area contributed by atoms with Crippen LogP contribution >= 0.6 is 11.6 Å². The summed E-state index contributed by atoms with van der Waals surface area (Å²) in [5, 5.41) is 14.7.